The molecule has 0 aromatic heterocycles. The first-order valence-electron chi connectivity index (χ1n) is 6.65. The van der Waals surface area contributed by atoms with Crippen molar-refractivity contribution in [2.75, 3.05) is 17.7 Å². The van der Waals surface area contributed by atoms with Crippen LogP contribution < -0.4 is 11.1 Å². The Morgan fingerprint density at radius 3 is 2.70 bits per heavy atom. The van der Waals surface area contributed by atoms with Crippen molar-refractivity contribution in [3.63, 3.8) is 0 Å². The summed E-state index contributed by atoms with van der Waals surface area (Å²) >= 11 is 11.8. The third kappa shape index (κ3) is 4.37. The highest BCUT2D eigenvalue weighted by atomic mass is 35.5. The van der Waals surface area contributed by atoms with Crippen LogP contribution in [0.25, 0.3) is 0 Å². The van der Waals surface area contributed by atoms with E-state index in [2.05, 4.69) is 5.32 Å². The van der Waals surface area contributed by atoms with Crippen molar-refractivity contribution in [1.29, 1.82) is 0 Å². The first kappa shape index (κ1) is 17.1. The number of halogens is 2. The number of nitrogens with one attached hydrogen (secondary N) is 1. The minimum Gasteiger partial charge on any atom is -0.452 e. The van der Waals surface area contributed by atoms with Gasteiger partial charge in [0.25, 0.3) is 5.91 Å². The number of amides is 1. The molecule has 120 valence electrons. The molecule has 0 aliphatic carbocycles. The lowest BCUT2D eigenvalue weighted by atomic mass is 10.2. The number of benzene rings is 2. The zero-order chi connectivity index (χ0) is 17.0. The molecule has 0 saturated carbocycles. The van der Waals surface area contributed by atoms with Crippen LogP contribution in [0.15, 0.2) is 36.4 Å². The number of hydrogen-bond acceptors (Lipinski definition) is 4. The summed E-state index contributed by atoms with van der Waals surface area (Å²) in [5.41, 5.74) is 7.31. The maximum absolute atomic E-state index is 11.9. The number of hydrogen-bond donors (Lipinski definition) is 2. The fourth-order valence-corrected chi connectivity index (χ4v) is 2.19. The number of ether oxygens (including phenoxy) is 1. The first-order valence-corrected chi connectivity index (χ1v) is 7.41. The predicted octanol–water partition coefficient (Wildman–Crippen LogP) is 3.68. The molecular weight excluding hydrogens is 339 g/mol. The molecule has 2 rings (SSSR count). The number of carbonyl (C=O) groups is 2. The molecule has 0 saturated heterocycles. The molecule has 0 radical (unpaired) electrons. The van der Waals surface area contributed by atoms with Crippen molar-refractivity contribution in [1.82, 2.24) is 0 Å². The van der Waals surface area contributed by atoms with Crippen LogP contribution in [0.5, 0.6) is 0 Å². The second kappa shape index (κ2) is 7.35. The van der Waals surface area contributed by atoms with Crippen LogP contribution in [-0.4, -0.2) is 18.5 Å². The molecule has 0 spiro atoms. The quantitative estimate of drug-likeness (QED) is 0.649. The van der Waals surface area contributed by atoms with Crippen molar-refractivity contribution in [3.8, 4) is 0 Å². The molecule has 3 N–H and O–H groups in total. The van der Waals surface area contributed by atoms with E-state index >= 15 is 0 Å². The standard InChI is InChI=1S/C16H14Cl2N2O3/c1-9-12(18)3-2-4-14(9)20-15(21)8-23-16(22)11-7-10(17)5-6-13(11)19/h2-7H,8,19H2,1H3,(H,20,21). The second-order valence-electron chi connectivity index (χ2n) is 4.77. The van der Waals surface area contributed by atoms with Crippen molar-refractivity contribution in [2.45, 2.75) is 6.92 Å². The van der Waals surface area contributed by atoms with Crippen LogP contribution in [0, 0.1) is 6.92 Å². The molecule has 0 unspecified atom stereocenters. The lowest BCUT2D eigenvalue weighted by molar-refractivity contribution is -0.119. The van der Waals surface area contributed by atoms with Gasteiger partial charge in [-0.15, -0.1) is 0 Å². The number of carbonyl (C=O) groups excluding carboxylic acids is 2. The average molecular weight is 353 g/mol. The van der Waals surface area contributed by atoms with Gasteiger partial charge >= 0.3 is 5.97 Å². The fraction of sp³-hybridized carbons (Fsp3) is 0.125. The molecule has 7 heteroatoms. The fourth-order valence-electron chi connectivity index (χ4n) is 1.84. The molecular formula is C16H14Cl2N2O3. The Morgan fingerprint density at radius 2 is 1.96 bits per heavy atom. The van der Waals surface area contributed by atoms with Gasteiger partial charge in [-0.05, 0) is 42.8 Å². The number of rotatable bonds is 4. The van der Waals surface area contributed by atoms with Gasteiger partial charge in [-0.3, -0.25) is 4.79 Å². The summed E-state index contributed by atoms with van der Waals surface area (Å²) in [6, 6.07) is 9.57. The molecule has 0 bridgehead atoms. The Hall–Kier alpha value is -2.24. The lowest BCUT2D eigenvalue weighted by Crippen LogP contribution is -2.21. The van der Waals surface area contributed by atoms with E-state index in [0.717, 1.165) is 5.56 Å². The third-order valence-electron chi connectivity index (χ3n) is 3.11. The highest BCUT2D eigenvalue weighted by molar-refractivity contribution is 6.32. The molecule has 5 nitrogen and oxygen atoms in total. The van der Waals surface area contributed by atoms with Gasteiger partial charge < -0.3 is 15.8 Å². The Kier molecular flexibility index (Phi) is 5.47. The van der Waals surface area contributed by atoms with E-state index < -0.39 is 18.5 Å². The monoisotopic (exact) mass is 352 g/mol. The van der Waals surface area contributed by atoms with Crippen LogP contribution >= 0.6 is 23.2 Å². The molecule has 0 fully saturated rings. The normalized spacial score (nSPS) is 10.2. The van der Waals surface area contributed by atoms with E-state index in [1.165, 1.54) is 12.1 Å². The van der Waals surface area contributed by atoms with Gasteiger partial charge in [0.05, 0.1) is 5.56 Å². The molecule has 1 amide bonds. The lowest BCUT2D eigenvalue weighted by Gasteiger charge is -2.10. The van der Waals surface area contributed by atoms with Gasteiger partial charge in [-0.1, -0.05) is 29.3 Å². The van der Waals surface area contributed by atoms with E-state index in [-0.39, 0.29) is 11.3 Å². The van der Waals surface area contributed by atoms with Crippen LogP contribution in [0.4, 0.5) is 11.4 Å². The zero-order valence-electron chi connectivity index (χ0n) is 12.2. The Bertz CT molecular complexity index is 763. The minimum atomic E-state index is -0.719. The van der Waals surface area contributed by atoms with Gasteiger partial charge in [0, 0.05) is 21.4 Å². The molecule has 0 atom stereocenters. The summed E-state index contributed by atoms with van der Waals surface area (Å²) < 4.78 is 4.95. The third-order valence-corrected chi connectivity index (χ3v) is 3.76. The highest BCUT2D eigenvalue weighted by Gasteiger charge is 2.14. The maximum atomic E-state index is 11.9. The van der Waals surface area contributed by atoms with Crippen molar-refractivity contribution < 1.29 is 14.3 Å². The summed E-state index contributed by atoms with van der Waals surface area (Å²) in [4.78, 5) is 23.8. The van der Waals surface area contributed by atoms with Gasteiger partial charge in [-0.2, -0.15) is 0 Å². The van der Waals surface area contributed by atoms with Crippen LogP contribution in [0.1, 0.15) is 15.9 Å². The van der Waals surface area contributed by atoms with Gasteiger partial charge in [0.1, 0.15) is 0 Å². The number of nitrogens with two attached hydrogens (primary N) is 1. The molecule has 23 heavy (non-hydrogen) atoms. The topological polar surface area (TPSA) is 81.4 Å². The summed E-state index contributed by atoms with van der Waals surface area (Å²) in [7, 11) is 0. The van der Waals surface area contributed by atoms with E-state index in [1.807, 2.05) is 0 Å². The zero-order valence-corrected chi connectivity index (χ0v) is 13.7. The first-order chi connectivity index (χ1) is 10.9. The molecule has 0 aliphatic heterocycles. The Labute approximate surface area is 143 Å². The molecule has 2 aromatic rings. The average Bonchev–Trinajstić information content (AvgIpc) is 2.52. The molecule has 2 aromatic carbocycles. The second-order valence-corrected chi connectivity index (χ2v) is 5.61. The number of esters is 1. The van der Waals surface area contributed by atoms with E-state index in [4.69, 9.17) is 33.7 Å². The van der Waals surface area contributed by atoms with Crippen molar-refractivity contribution in [3.05, 3.63) is 57.6 Å². The van der Waals surface area contributed by atoms with Gasteiger partial charge in [0.15, 0.2) is 6.61 Å². The minimum absolute atomic E-state index is 0.115. The number of nitrogen functional groups attached to an aromatic ring is 1. The highest BCUT2D eigenvalue weighted by Crippen LogP contribution is 2.23. The molecule has 0 aliphatic rings. The van der Waals surface area contributed by atoms with E-state index in [0.29, 0.717) is 15.7 Å². The summed E-state index contributed by atoms with van der Waals surface area (Å²) in [6.07, 6.45) is 0. The Balaban J connectivity index is 1.98. The van der Waals surface area contributed by atoms with Crippen molar-refractivity contribution >= 4 is 46.5 Å². The summed E-state index contributed by atoms with van der Waals surface area (Å²) in [5.74, 6) is -1.20. The smallest absolute Gasteiger partial charge is 0.340 e. The van der Waals surface area contributed by atoms with Crippen LogP contribution in [0.3, 0.4) is 0 Å². The van der Waals surface area contributed by atoms with Gasteiger partial charge in [0.2, 0.25) is 0 Å². The summed E-state index contributed by atoms with van der Waals surface area (Å²) in [6.45, 7) is 1.33. The maximum Gasteiger partial charge on any atom is 0.340 e. The molecule has 0 heterocycles. The predicted molar refractivity (Wildman–Crippen MR) is 91.0 cm³/mol. The Morgan fingerprint density at radius 1 is 1.22 bits per heavy atom. The SMILES string of the molecule is Cc1c(Cl)cccc1NC(=O)COC(=O)c1cc(Cl)ccc1N. The van der Waals surface area contributed by atoms with Crippen molar-refractivity contribution in [2.24, 2.45) is 0 Å². The van der Waals surface area contributed by atoms with E-state index in [9.17, 15) is 9.59 Å². The number of anilines is 2. The van der Waals surface area contributed by atoms with Gasteiger partial charge in [-0.25, -0.2) is 4.79 Å². The summed E-state index contributed by atoms with van der Waals surface area (Å²) in [5, 5.41) is 3.51. The van der Waals surface area contributed by atoms with Crippen LogP contribution in [-0.2, 0) is 9.53 Å². The van der Waals surface area contributed by atoms with E-state index in [1.54, 1.807) is 31.2 Å². The largest absolute Gasteiger partial charge is 0.452 e. The van der Waals surface area contributed by atoms with Crippen LogP contribution in [0.2, 0.25) is 10.0 Å².